The van der Waals surface area contributed by atoms with Crippen LogP contribution in [0.2, 0.25) is 5.02 Å². The van der Waals surface area contributed by atoms with Crippen LogP contribution in [-0.2, 0) is 6.54 Å². The number of benzene rings is 2. The lowest BCUT2D eigenvalue weighted by Gasteiger charge is -2.06. The molecule has 0 saturated carbocycles. The fraction of sp³-hybridized carbons (Fsp3) is 0.0588. The van der Waals surface area contributed by atoms with E-state index >= 15 is 0 Å². The average molecular weight is 313 g/mol. The Labute approximate surface area is 132 Å². The van der Waals surface area contributed by atoms with Gasteiger partial charge in [0.1, 0.15) is 0 Å². The van der Waals surface area contributed by atoms with Gasteiger partial charge in [-0.05, 0) is 11.6 Å². The molecule has 0 aliphatic heterocycles. The summed E-state index contributed by atoms with van der Waals surface area (Å²) in [5.41, 5.74) is 1.92. The molecule has 0 aliphatic rings. The van der Waals surface area contributed by atoms with Gasteiger partial charge in [-0.1, -0.05) is 60.1 Å². The van der Waals surface area contributed by atoms with Gasteiger partial charge in [0.25, 0.3) is 5.91 Å². The molecule has 1 amide bonds. The van der Waals surface area contributed by atoms with Crippen molar-refractivity contribution in [3.8, 4) is 11.3 Å². The van der Waals surface area contributed by atoms with Crippen molar-refractivity contribution in [1.82, 2.24) is 10.3 Å². The molecular formula is C17H13ClN2O2. The van der Waals surface area contributed by atoms with Crippen LogP contribution in [0.5, 0.6) is 0 Å². The standard InChI is InChI=1S/C17H13ClN2O2/c18-14-9-5-4-8-13(14)10-19-17(21)15-16(22-11-20-15)12-6-2-1-3-7-12/h1-9,11H,10H2,(H,19,21). The van der Waals surface area contributed by atoms with Gasteiger partial charge in [-0.2, -0.15) is 0 Å². The maximum atomic E-state index is 12.3. The number of hydrogen-bond acceptors (Lipinski definition) is 3. The highest BCUT2D eigenvalue weighted by Gasteiger charge is 2.17. The monoisotopic (exact) mass is 312 g/mol. The molecular weight excluding hydrogens is 300 g/mol. The van der Waals surface area contributed by atoms with Crippen molar-refractivity contribution in [1.29, 1.82) is 0 Å². The maximum Gasteiger partial charge on any atom is 0.274 e. The largest absolute Gasteiger partial charge is 0.443 e. The molecule has 2 aromatic carbocycles. The molecule has 0 fully saturated rings. The van der Waals surface area contributed by atoms with Gasteiger partial charge in [0.15, 0.2) is 17.8 Å². The number of halogens is 1. The average Bonchev–Trinajstić information content (AvgIpc) is 3.04. The molecule has 0 unspecified atom stereocenters. The smallest absolute Gasteiger partial charge is 0.274 e. The minimum absolute atomic E-state index is 0.262. The zero-order valence-electron chi connectivity index (χ0n) is 11.6. The van der Waals surface area contributed by atoms with Crippen molar-refractivity contribution in [2.24, 2.45) is 0 Å². The lowest BCUT2D eigenvalue weighted by molar-refractivity contribution is 0.0947. The summed E-state index contributed by atoms with van der Waals surface area (Å²) >= 11 is 6.07. The Morgan fingerprint density at radius 1 is 1.09 bits per heavy atom. The van der Waals surface area contributed by atoms with Gasteiger partial charge in [0, 0.05) is 17.1 Å². The predicted molar refractivity (Wildman–Crippen MR) is 84.6 cm³/mol. The van der Waals surface area contributed by atoms with Crippen LogP contribution in [0.4, 0.5) is 0 Å². The Balaban J connectivity index is 1.77. The van der Waals surface area contributed by atoms with Crippen LogP contribution in [0.25, 0.3) is 11.3 Å². The molecule has 0 saturated heterocycles. The third kappa shape index (κ3) is 3.02. The molecule has 4 nitrogen and oxygen atoms in total. The van der Waals surface area contributed by atoms with Gasteiger partial charge in [-0.3, -0.25) is 4.79 Å². The first-order valence-electron chi connectivity index (χ1n) is 6.76. The zero-order valence-corrected chi connectivity index (χ0v) is 12.4. The minimum Gasteiger partial charge on any atom is -0.443 e. The van der Waals surface area contributed by atoms with E-state index in [1.807, 2.05) is 48.5 Å². The van der Waals surface area contributed by atoms with E-state index < -0.39 is 0 Å². The first-order chi connectivity index (χ1) is 10.8. The van der Waals surface area contributed by atoms with Crippen molar-refractivity contribution in [2.75, 3.05) is 0 Å². The number of carbonyl (C=O) groups excluding carboxylic acids is 1. The molecule has 5 heteroatoms. The normalized spacial score (nSPS) is 10.4. The lowest BCUT2D eigenvalue weighted by atomic mass is 10.1. The molecule has 0 atom stereocenters. The summed E-state index contributed by atoms with van der Waals surface area (Å²) in [5, 5.41) is 3.42. The third-order valence-electron chi connectivity index (χ3n) is 3.22. The number of hydrogen-bond donors (Lipinski definition) is 1. The van der Waals surface area contributed by atoms with E-state index in [0.717, 1.165) is 11.1 Å². The molecule has 22 heavy (non-hydrogen) atoms. The van der Waals surface area contributed by atoms with E-state index in [2.05, 4.69) is 10.3 Å². The van der Waals surface area contributed by atoms with Gasteiger partial charge in [-0.15, -0.1) is 0 Å². The highest BCUT2D eigenvalue weighted by Crippen LogP contribution is 2.22. The van der Waals surface area contributed by atoms with E-state index in [1.54, 1.807) is 6.07 Å². The number of amides is 1. The summed E-state index contributed by atoms with van der Waals surface area (Å²) in [4.78, 5) is 16.3. The lowest BCUT2D eigenvalue weighted by Crippen LogP contribution is -2.23. The molecule has 0 radical (unpaired) electrons. The minimum atomic E-state index is -0.299. The number of nitrogens with one attached hydrogen (secondary N) is 1. The van der Waals surface area contributed by atoms with Gasteiger partial charge in [-0.25, -0.2) is 4.98 Å². The fourth-order valence-electron chi connectivity index (χ4n) is 2.10. The Bertz CT molecular complexity index is 784. The quantitative estimate of drug-likeness (QED) is 0.794. The van der Waals surface area contributed by atoms with Crippen LogP contribution >= 0.6 is 11.6 Å². The first kappa shape index (κ1) is 14.4. The molecule has 0 spiro atoms. The number of oxazole rings is 1. The first-order valence-corrected chi connectivity index (χ1v) is 7.14. The summed E-state index contributed by atoms with van der Waals surface area (Å²) in [6, 6.07) is 16.8. The summed E-state index contributed by atoms with van der Waals surface area (Å²) in [6.07, 6.45) is 1.27. The second-order valence-corrected chi connectivity index (χ2v) is 5.08. The number of aromatic nitrogens is 1. The zero-order chi connectivity index (χ0) is 15.4. The highest BCUT2D eigenvalue weighted by atomic mass is 35.5. The Morgan fingerprint density at radius 2 is 1.82 bits per heavy atom. The highest BCUT2D eigenvalue weighted by molar-refractivity contribution is 6.31. The SMILES string of the molecule is O=C(NCc1ccccc1Cl)c1ncoc1-c1ccccc1. The second-order valence-electron chi connectivity index (χ2n) is 4.67. The van der Waals surface area contributed by atoms with Gasteiger partial charge >= 0.3 is 0 Å². The van der Waals surface area contributed by atoms with E-state index in [0.29, 0.717) is 17.3 Å². The Morgan fingerprint density at radius 3 is 2.59 bits per heavy atom. The van der Waals surface area contributed by atoms with Crippen LogP contribution in [-0.4, -0.2) is 10.9 Å². The van der Waals surface area contributed by atoms with Gasteiger partial charge in [0.05, 0.1) is 0 Å². The van der Waals surface area contributed by atoms with Crippen LogP contribution in [0.1, 0.15) is 16.1 Å². The summed E-state index contributed by atoms with van der Waals surface area (Å²) in [5.74, 6) is 0.157. The number of rotatable bonds is 4. The summed E-state index contributed by atoms with van der Waals surface area (Å²) in [6.45, 7) is 0.333. The van der Waals surface area contributed by atoms with Crippen molar-refractivity contribution in [2.45, 2.75) is 6.54 Å². The third-order valence-corrected chi connectivity index (χ3v) is 3.58. The van der Waals surface area contributed by atoms with Crippen LogP contribution in [0.15, 0.2) is 65.4 Å². The predicted octanol–water partition coefficient (Wildman–Crippen LogP) is 3.93. The number of carbonyl (C=O) groups is 1. The molecule has 0 aliphatic carbocycles. The summed E-state index contributed by atoms with van der Waals surface area (Å²) in [7, 11) is 0. The number of nitrogens with zero attached hydrogens (tertiary/aromatic N) is 1. The maximum absolute atomic E-state index is 12.3. The van der Waals surface area contributed by atoms with Crippen LogP contribution in [0, 0.1) is 0 Å². The Kier molecular flexibility index (Phi) is 4.21. The molecule has 3 rings (SSSR count). The van der Waals surface area contributed by atoms with Crippen molar-refractivity contribution in [3.63, 3.8) is 0 Å². The van der Waals surface area contributed by atoms with E-state index in [-0.39, 0.29) is 11.6 Å². The van der Waals surface area contributed by atoms with Crippen LogP contribution in [0.3, 0.4) is 0 Å². The fourth-order valence-corrected chi connectivity index (χ4v) is 2.31. The molecule has 110 valence electrons. The van der Waals surface area contributed by atoms with Crippen molar-refractivity contribution >= 4 is 17.5 Å². The molecule has 1 heterocycles. The topological polar surface area (TPSA) is 55.1 Å². The molecule has 0 bridgehead atoms. The second kappa shape index (κ2) is 6.45. The van der Waals surface area contributed by atoms with E-state index in [1.165, 1.54) is 6.39 Å². The van der Waals surface area contributed by atoms with Gasteiger partial charge < -0.3 is 9.73 Å². The van der Waals surface area contributed by atoms with E-state index in [4.69, 9.17) is 16.0 Å². The molecule has 3 aromatic rings. The van der Waals surface area contributed by atoms with Crippen molar-refractivity contribution in [3.05, 3.63) is 77.3 Å². The molecule has 1 aromatic heterocycles. The Hall–Kier alpha value is -2.59. The van der Waals surface area contributed by atoms with Gasteiger partial charge in [0.2, 0.25) is 0 Å². The molecule has 1 N–H and O–H groups in total. The van der Waals surface area contributed by atoms with E-state index in [9.17, 15) is 4.79 Å². The van der Waals surface area contributed by atoms with Crippen LogP contribution < -0.4 is 5.32 Å². The van der Waals surface area contributed by atoms with Crippen molar-refractivity contribution < 1.29 is 9.21 Å². The summed E-state index contributed by atoms with van der Waals surface area (Å²) < 4.78 is 5.35.